The summed E-state index contributed by atoms with van der Waals surface area (Å²) in [7, 11) is 1.53. The first-order valence-electron chi connectivity index (χ1n) is 5.29. The standard InChI is InChI=1S/C12H15NO3/c1-14-12(13)4-2-3-9-5-6-10-11(7-9)16-8-15-10/h5-7,13H,2-4,8H2,1H3. The highest BCUT2D eigenvalue weighted by atomic mass is 16.7. The molecule has 4 nitrogen and oxygen atoms in total. The average molecular weight is 221 g/mol. The molecule has 0 spiro atoms. The molecule has 1 N–H and O–H groups in total. The van der Waals surface area contributed by atoms with Crippen LogP contribution in [-0.2, 0) is 11.2 Å². The predicted octanol–water partition coefficient (Wildman–Crippen LogP) is 2.36. The maximum Gasteiger partial charge on any atom is 0.231 e. The van der Waals surface area contributed by atoms with E-state index in [0.717, 1.165) is 24.3 Å². The van der Waals surface area contributed by atoms with Crippen LogP contribution in [0.15, 0.2) is 18.2 Å². The van der Waals surface area contributed by atoms with Crippen molar-refractivity contribution >= 4 is 5.90 Å². The summed E-state index contributed by atoms with van der Waals surface area (Å²) in [4.78, 5) is 0. The minimum absolute atomic E-state index is 0.313. The summed E-state index contributed by atoms with van der Waals surface area (Å²) in [5, 5.41) is 7.36. The SMILES string of the molecule is COC(=N)CCCc1ccc2c(c1)OCO2. The van der Waals surface area contributed by atoms with Crippen molar-refractivity contribution in [1.82, 2.24) is 0 Å². The molecule has 0 aliphatic carbocycles. The molecule has 1 aliphatic heterocycles. The molecule has 1 aliphatic rings. The number of fused-ring (bicyclic) bond motifs is 1. The quantitative estimate of drug-likeness (QED) is 0.627. The molecule has 16 heavy (non-hydrogen) atoms. The topological polar surface area (TPSA) is 51.5 Å². The number of aryl methyl sites for hydroxylation is 1. The maximum atomic E-state index is 7.36. The van der Waals surface area contributed by atoms with Gasteiger partial charge < -0.3 is 14.2 Å². The van der Waals surface area contributed by atoms with Crippen LogP contribution in [0.1, 0.15) is 18.4 Å². The third-order valence-corrected chi connectivity index (χ3v) is 2.55. The second kappa shape index (κ2) is 4.88. The molecule has 86 valence electrons. The van der Waals surface area contributed by atoms with Gasteiger partial charge in [-0.15, -0.1) is 0 Å². The van der Waals surface area contributed by atoms with Gasteiger partial charge in [-0.25, -0.2) is 0 Å². The molecule has 1 heterocycles. The number of benzene rings is 1. The van der Waals surface area contributed by atoms with Crippen molar-refractivity contribution in [3.63, 3.8) is 0 Å². The van der Waals surface area contributed by atoms with Crippen LogP contribution in [0.5, 0.6) is 11.5 Å². The lowest BCUT2D eigenvalue weighted by Crippen LogP contribution is -1.99. The van der Waals surface area contributed by atoms with E-state index in [0.29, 0.717) is 19.1 Å². The third-order valence-electron chi connectivity index (χ3n) is 2.55. The summed E-state index contributed by atoms with van der Waals surface area (Å²) in [6.07, 6.45) is 2.50. The van der Waals surface area contributed by atoms with Gasteiger partial charge in [0.05, 0.1) is 7.11 Å². The summed E-state index contributed by atoms with van der Waals surface area (Å²) in [6.45, 7) is 0.313. The van der Waals surface area contributed by atoms with Crippen molar-refractivity contribution in [2.45, 2.75) is 19.3 Å². The number of methoxy groups -OCH3 is 1. The summed E-state index contributed by atoms with van der Waals surface area (Å²) >= 11 is 0. The van der Waals surface area contributed by atoms with Crippen LogP contribution in [-0.4, -0.2) is 19.8 Å². The number of ether oxygens (including phenoxy) is 3. The highest BCUT2D eigenvalue weighted by molar-refractivity contribution is 5.72. The summed E-state index contributed by atoms with van der Waals surface area (Å²) < 4.78 is 15.3. The molecule has 0 radical (unpaired) electrons. The zero-order valence-corrected chi connectivity index (χ0v) is 9.29. The van der Waals surface area contributed by atoms with Crippen LogP contribution >= 0.6 is 0 Å². The van der Waals surface area contributed by atoms with Crippen molar-refractivity contribution in [2.24, 2.45) is 0 Å². The molecular weight excluding hydrogens is 206 g/mol. The van der Waals surface area contributed by atoms with Crippen molar-refractivity contribution in [3.8, 4) is 11.5 Å². The highest BCUT2D eigenvalue weighted by Gasteiger charge is 2.12. The summed E-state index contributed by atoms with van der Waals surface area (Å²) in [5.74, 6) is 1.97. The lowest BCUT2D eigenvalue weighted by atomic mass is 10.1. The molecule has 0 saturated carbocycles. The molecule has 0 saturated heterocycles. The van der Waals surface area contributed by atoms with Gasteiger partial charge >= 0.3 is 0 Å². The third kappa shape index (κ3) is 2.45. The predicted molar refractivity (Wildman–Crippen MR) is 60.2 cm³/mol. The van der Waals surface area contributed by atoms with Crippen LogP contribution < -0.4 is 9.47 Å². The number of nitrogens with one attached hydrogen (secondary N) is 1. The zero-order valence-electron chi connectivity index (χ0n) is 9.29. The summed E-state index contributed by atoms with van der Waals surface area (Å²) in [5.41, 5.74) is 1.20. The van der Waals surface area contributed by atoms with Gasteiger partial charge in [0.2, 0.25) is 6.79 Å². The Kier molecular flexibility index (Phi) is 3.29. The second-order valence-corrected chi connectivity index (χ2v) is 3.67. The normalized spacial score (nSPS) is 12.6. The van der Waals surface area contributed by atoms with Gasteiger partial charge in [0.15, 0.2) is 17.4 Å². The van der Waals surface area contributed by atoms with Gasteiger partial charge in [0.1, 0.15) is 0 Å². The molecule has 2 rings (SSSR count). The van der Waals surface area contributed by atoms with E-state index in [-0.39, 0.29) is 0 Å². The Morgan fingerprint density at radius 1 is 1.38 bits per heavy atom. The van der Waals surface area contributed by atoms with E-state index in [1.807, 2.05) is 18.2 Å². The van der Waals surface area contributed by atoms with Crippen LogP contribution in [0.2, 0.25) is 0 Å². The number of hydrogen-bond donors (Lipinski definition) is 1. The lowest BCUT2D eigenvalue weighted by molar-refractivity contribution is 0.174. The molecule has 0 atom stereocenters. The first kappa shape index (κ1) is 10.8. The Morgan fingerprint density at radius 3 is 3.00 bits per heavy atom. The second-order valence-electron chi connectivity index (χ2n) is 3.67. The minimum Gasteiger partial charge on any atom is -0.484 e. The van der Waals surface area contributed by atoms with E-state index in [1.54, 1.807) is 0 Å². The zero-order chi connectivity index (χ0) is 11.4. The Labute approximate surface area is 94.6 Å². The van der Waals surface area contributed by atoms with Crippen molar-refractivity contribution in [1.29, 1.82) is 5.41 Å². The Balaban J connectivity index is 1.88. The molecule has 1 aromatic carbocycles. The molecular formula is C12H15NO3. The van der Waals surface area contributed by atoms with Gasteiger partial charge in [0.25, 0.3) is 0 Å². The van der Waals surface area contributed by atoms with E-state index in [2.05, 4.69) is 0 Å². The monoisotopic (exact) mass is 221 g/mol. The van der Waals surface area contributed by atoms with Crippen molar-refractivity contribution < 1.29 is 14.2 Å². The van der Waals surface area contributed by atoms with Crippen LogP contribution in [0, 0.1) is 5.41 Å². The van der Waals surface area contributed by atoms with E-state index < -0.39 is 0 Å². The van der Waals surface area contributed by atoms with Gasteiger partial charge in [-0.1, -0.05) is 6.07 Å². The van der Waals surface area contributed by atoms with Crippen LogP contribution in [0.4, 0.5) is 0 Å². The van der Waals surface area contributed by atoms with Crippen LogP contribution in [0.3, 0.4) is 0 Å². The number of hydrogen-bond acceptors (Lipinski definition) is 4. The fourth-order valence-electron chi connectivity index (χ4n) is 1.65. The molecule has 4 heteroatoms. The van der Waals surface area contributed by atoms with Crippen molar-refractivity contribution in [3.05, 3.63) is 23.8 Å². The highest BCUT2D eigenvalue weighted by Crippen LogP contribution is 2.32. The van der Waals surface area contributed by atoms with E-state index in [1.165, 1.54) is 12.7 Å². The molecule has 0 aromatic heterocycles. The van der Waals surface area contributed by atoms with Gasteiger partial charge in [-0.3, -0.25) is 5.41 Å². The lowest BCUT2D eigenvalue weighted by Gasteiger charge is -2.03. The van der Waals surface area contributed by atoms with Crippen LogP contribution in [0.25, 0.3) is 0 Å². The number of rotatable bonds is 4. The van der Waals surface area contributed by atoms with Gasteiger partial charge in [0, 0.05) is 6.42 Å². The fourth-order valence-corrected chi connectivity index (χ4v) is 1.65. The molecule has 0 bridgehead atoms. The smallest absolute Gasteiger partial charge is 0.231 e. The fraction of sp³-hybridized carbons (Fsp3) is 0.417. The van der Waals surface area contributed by atoms with Gasteiger partial charge in [-0.05, 0) is 30.5 Å². The van der Waals surface area contributed by atoms with E-state index >= 15 is 0 Å². The Morgan fingerprint density at radius 2 is 2.19 bits per heavy atom. The average Bonchev–Trinajstić information content (AvgIpc) is 2.76. The molecule has 1 aromatic rings. The molecule has 0 fully saturated rings. The first-order valence-corrected chi connectivity index (χ1v) is 5.29. The summed E-state index contributed by atoms with van der Waals surface area (Å²) in [6, 6.07) is 5.96. The van der Waals surface area contributed by atoms with Gasteiger partial charge in [-0.2, -0.15) is 0 Å². The van der Waals surface area contributed by atoms with E-state index in [9.17, 15) is 0 Å². The minimum atomic E-state index is 0.313. The maximum absolute atomic E-state index is 7.36. The first-order chi connectivity index (χ1) is 7.79. The molecule has 0 unspecified atom stereocenters. The Bertz CT molecular complexity index is 390. The Hall–Kier alpha value is -1.71. The van der Waals surface area contributed by atoms with E-state index in [4.69, 9.17) is 19.6 Å². The molecule has 0 amide bonds. The van der Waals surface area contributed by atoms with Crippen molar-refractivity contribution in [2.75, 3.05) is 13.9 Å². The largest absolute Gasteiger partial charge is 0.484 e.